The number of likely N-dealkylation sites (tertiary alicyclic amines) is 1. The Balaban J connectivity index is 1.67. The molecule has 0 aliphatic carbocycles. The Morgan fingerprint density at radius 2 is 2.11 bits per heavy atom. The third-order valence-corrected chi connectivity index (χ3v) is 4.61. The molecular formula is C20H23N3O4. The van der Waals surface area contributed by atoms with Gasteiger partial charge in [-0.25, -0.2) is 0 Å². The van der Waals surface area contributed by atoms with Crippen molar-refractivity contribution < 1.29 is 18.8 Å². The topological polar surface area (TPSA) is 82.9 Å². The number of furan rings is 1. The van der Waals surface area contributed by atoms with Gasteiger partial charge >= 0.3 is 0 Å². The van der Waals surface area contributed by atoms with Gasteiger partial charge in [0.25, 0.3) is 5.91 Å². The number of anilines is 1. The average molecular weight is 369 g/mol. The summed E-state index contributed by atoms with van der Waals surface area (Å²) >= 11 is 0. The second kappa shape index (κ2) is 8.07. The molecule has 0 unspecified atom stereocenters. The molecule has 0 atom stereocenters. The predicted molar refractivity (Wildman–Crippen MR) is 100 cm³/mol. The molecule has 3 amide bonds. The first-order valence-electron chi connectivity index (χ1n) is 8.89. The Morgan fingerprint density at radius 3 is 2.78 bits per heavy atom. The SMILES string of the molecule is Cc1ccc(C(=O)N(C)Cc2ccoc2)cc1NC(=O)CN1CCCC1=O. The van der Waals surface area contributed by atoms with Crippen LogP contribution in [-0.4, -0.2) is 47.7 Å². The average Bonchev–Trinajstić information content (AvgIpc) is 3.28. The van der Waals surface area contributed by atoms with Crippen LogP contribution in [0.15, 0.2) is 41.2 Å². The molecule has 1 N–H and O–H groups in total. The summed E-state index contributed by atoms with van der Waals surface area (Å²) in [6.45, 7) is 2.95. The van der Waals surface area contributed by atoms with E-state index in [1.54, 1.807) is 47.6 Å². The van der Waals surface area contributed by atoms with Crippen LogP contribution in [-0.2, 0) is 16.1 Å². The Kier molecular flexibility index (Phi) is 5.59. The molecule has 1 aliphatic heterocycles. The number of carbonyl (C=O) groups excluding carboxylic acids is 3. The van der Waals surface area contributed by atoms with Gasteiger partial charge in [-0.2, -0.15) is 0 Å². The Labute approximate surface area is 157 Å². The maximum atomic E-state index is 12.7. The highest BCUT2D eigenvalue weighted by molar-refractivity contribution is 5.99. The van der Waals surface area contributed by atoms with Crippen LogP contribution < -0.4 is 5.32 Å². The Hall–Kier alpha value is -3.09. The van der Waals surface area contributed by atoms with Gasteiger partial charge in [0.1, 0.15) is 0 Å². The van der Waals surface area contributed by atoms with Crippen LogP contribution in [0.3, 0.4) is 0 Å². The quantitative estimate of drug-likeness (QED) is 0.848. The number of nitrogens with one attached hydrogen (secondary N) is 1. The lowest BCUT2D eigenvalue weighted by Crippen LogP contribution is -2.34. The largest absolute Gasteiger partial charge is 0.472 e. The normalized spacial score (nSPS) is 13.7. The summed E-state index contributed by atoms with van der Waals surface area (Å²) in [5.74, 6) is -0.405. The Morgan fingerprint density at radius 1 is 1.30 bits per heavy atom. The molecule has 2 heterocycles. The Bertz CT molecular complexity index is 845. The zero-order chi connectivity index (χ0) is 19.4. The first-order chi connectivity index (χ1) is 12.9. The second-order valence-corrected chi connectivity index (χ2v) is 6.79. The van der Waals surface area contributed by atoms with Crippen LogP contribution in [0.2, 0.25) is 0 Å². The molecule has 1 fully saturated rings. The van der Waals surface area contributed by atoms with Gasteiger partial charge in [-0.05, 0) is 37.1 Å². The first kappa shape index (κ1) is 18.7. The van der Waals surface area contributed by atoms with Crippen molar-refractivity contribution >= 4 is 23.4 Å². The summed E-state index contributed by atoms with van der Waals surface area (Å²) in [7, 11) is 1.71. The molecule has 3 rings (SSSR count). The molecular weight excluding hydrogens is 346 g/mol. The summed E-state index contributed by atoms with van der Waals surface area (Å²) in [4.78, 5) is 39.8. The fourth-order valence-electron chi connectivity index (χ4n) is 3.07. The van der Waals surface area contributed by atoms with E-state index in [1.807, 2.05) is 13.0 Å². The van der Waals surface area contributed by atoms with Crippen LogP contribution in [0.25, 0.3) is 0 Å². The van der Waals surface area contributed by atoms with Crippen molar-refractivity contribution in [3.63, 3.8) is 0 Å². The van der Waals surface area contributed by atoms with E-state index in [4.69, 9.17) is 4.42 Å². The number of hydrogen-bond acceptors (Lipinski definition) is 4. The fourth-order valence-corrected chi connectivity index (χ4v) is 3.07. The molecule has 7 nitrogen and oxygen atoms in total. The lowest BCUT2D eigenvalue weighted by atomic mass is 10.1. The zero-order valence-electron chi connectivity index (χ0n) is 15.5. The van der Waals surface area contributed by atoms with E-state index in [0.717, 1.165) is 17.5 Å². The highest BCUT2D eigenvalue weighted by Gasteiger charge is 2.22. The van der Waals surface area contributed by atoms with E-state index in [0.29, 0.717) is 30.8 Å². The summed E-state index contributed by atoms with van der Waals surface area (Å²) in [6, 6.07) is 7.02. The van der Waals surface area contributed by atoms with Gasteiger partial charge in [-0.1, -0.05) is 6.07 Å². The van der Waals surface area contributed by atoms with Gasteiger partial charge in [-0.15, -0.1) is 0 Å². The highest BCUT2D eigenvalue weighted by Crippen LogP contribution is 2.19. The van der Waals surface area contributed by atoms with Crippen molar-refractivity contribution in [3.8, 4) is 0 Å². The number of nitrogens with zero attached hydrogens (tertiary/aromatic N) is 2. The maximum absolute atomic E-state index is 12.7. The van der Waals surface area contributed by atoms with Gasteiger partial charge < -0.3 is 19.5 Å². The maximum Gasteiger partial charge on any atom is 0.253 e. The summed E-state index contributed by atoms with van der Waals surface area (Å²) in [6.07, 6.45) is 4.46. The molecule has 0 bridgehead atoms. The lowest BCUT2D eigenvalue weighted by molar-refractivity contribution is -0.131. The third-order valence-electron chi connectivity index (χ3n) is 4.61. The van der Waals surface area contributed by atoms with Gasteiger partial charge in [0, 0.05) is 43.4 Å². The molecule has 0 spiro atoms. The van der Waals surface area contributed by atoms with Crippen molar-refractivity contribution in [2.24, 2.45) is 0 Å². The number of hydrogen-bond donors (Lipinski definition) is 1. The molecule has 1 aromatic heterocycles. The smallest absolute Gasteiger partial charge is 0.253 e. The lowest BCUT2D eigenvalue weighted by Gasteiger charge is -2.18. The van der Waals surface area contributed by atoms with Crippen molar-refractivity contribution in [2.75, 3.05) is 25.5 Å². The molecule has 1 aromatic carbocycles. The number of carbonyl (C=O) groups is 3. The van der Waals surface area contributed by atoms with E-state index in [-0.39, 0.29) is 24.3 Å². The number of benzene rings is 1. The van der Waals surface area contributed by atoms with Crippen LogP contribution in [0.1, 0.15) is 34.3 Å². The van der Waals surface area contributed by atoms with E-state index >= 15 is 0 Å². The summed E-state index contributed by atoms with van der Waals surface area (Å²) in [5, 5.41) is 2.82. The van der Waals surface area contributed by atoms with Gasteiger partial charge in [0.15, 0.2) is 0 Å². The van der Waals surface area contributed by atoms with Crippen molar-refractivity contribution in [2.45, 2.75) is 26.3 Å². The van der Waals surface area contributed by atoms with E-state index < -0.39 is 0 Å². The number of aryl methyl sites for hydroxylation is 1. The van der Waals surface area contributed by atoms with Crippen molar-refractivity contribution in [3.05, 3.63) is 53.5 Å². The van der Waals surface area contributed by atoms with Gasteiger partial charge in [0.05, 0.1) is 19.1 Å². The molecule has 0 radical (unpaired) electrons. The molecule has 142 valence electrons. The molecule has 1 aliphatic rings. The highest BCUT2D eigenvalue weighted by atomic mass is 16.3. The third kappa shape index (κ3) is 4.55. The van der Waals surface area contributed by atoms with E-state index in [1.165, 1.54) is 0 Å². The van der Waals surface area contributed by atoms with Crippen LogP contribution in [0, 0.1) is 6.92 Å². The first-order valence-corrected chi connectivity index (χ1v) is 8.89. The molecule has 1 saturated heterocycles. The van der Waals surface area contributed by atoms with Gasteiger partial charge in [0.2, 0.25) is 11.8 Å². The summed E-state index contributed by atoms with van der Waals surface area (Å²) < 4.78 is 5.03. The molecule has 0 saturated carbocycles. The predicted octanol–water partition coefficient (Wildman–Crippen LogP) is 2.42. The zero-order valence-corrected chi connectivity index (χ0v) is 15.5. The van der Waals surface area contributed by atoms with Crippen LogP contribution in [0.5, 0.6) is 0 Å². The number of amides is 3. The monoisotopic (exact) mass is 369 g/mol. The number of rotatable bonds is 6. The minimum atomic E-state index is -0.260. The van der Waals surface area contributed by atoms with Crippen LogP contribution >= 0.6 is 0 Å². The minimum absolute atomic E-state index is 0.00618. The molecule has 7 heteroatoms. The molecule has 2 aromatic rings. The molecule has 27 heavy (non-hydrogen) atoms. The van der Waals surface area contributed by atoms with Gasteiger partial charge in [-0.3, -0.25) is 14.4 Å². The van der Waals surface area contributed by atoms with E-state index in [9.17, 15) is 14.4 Å². The second-order valence-electron chi connectivity index (χ2n) is 6.79. The van der Waals surface area contributed by atoms with E-state index in [2.05, 4.69) is 5.32 Å². The standard InChI is InChI=1S/C20H23N3O4/c1-14-5-6-16(20(26)22(2)11-15-7-9-27-13-15)10-17(14)21-18(24)12-23-8-3-4-19(23)25/h5-7,9-10,13H,3-4,8,11-12H2,1-2H3,(H,21,24). The van der Waals surface area contributed by atoms with Crippen molar-refractivity contribution in [1.82, 2.24) is 9.80 Å². The van der Waals surface area contributed by atoms with Crippen LogP contribution in [0.4, 0.5) is 5.69 Å². The summed E-state index contributed by atoms with van der Waals surface area (Å²) in [5.41, 5.74) is 2.82. The fraction of sp³-hybridized carbons (Fsp3) is 0.350. The van der Waals surface area contributed by atoms with Crippen molar-refractivity contribution in [1.29, 1.82) is 0 Å². The minimum Gasteiger partial charge on any atom is -0.472 e.